The van der Waals surface area contributed by atoms with Gasteiger partial charge in [0.15, 0.2) is 0 Å². The number of piperidine rings is 1. The lowest BCUT2D eigenvalue weighted by Crippen LogP contribution is -2.60. The van der Waals surface area contributed by atoms with E-state index in [2.05, 4.69) is 5.32 Å². The largest absolute Gasteiger partial charge is 0.368 e. The van der Waals surface area contributed by atoms with Crippen molar-refractivity contribution in [3.8, 4) is 0 Å². The number of carbonyl (C=O) groups excluding carboxylic acids is 2. The van der Waals surface area contributed by atoms with Gasteiger partial charge >= 0.3 is 0 Å². The van der Waals surface area contributed by atoms with Gasteiger partial charge in [-0.15, -0.1) is 0 Å². The van der Waals surface area contributed by atoms with Crippen LogP contribution in [0.4, 0.5) is 0 Å². The number of nitrogens with zero attached hydrogens (tertiary/aromatic N) is 1. The minimum atomic E-state index is -0.518. The van der Waals surface area contributed by atoms with Crippen molar-refractivity contribution in [2.75, 3.05) is 13.1 Å². The van der Waals surface area contributed by atoms with Gasteiger partial charge in [0, 0.05) is 6.04 Å². The third-order valence-electron chi connectivity index (χ3n) is 4.44. The maximum Gasteiger partial charge on any atom is 0.243 e. The van der Waals surface area contributed by atoms with Crippen molar-refractivity contribution in [1.82, 2.24) is 10.2 Å². The van der Waals surface area contributed by atoms with E-state index in [1.807, 2.05) is 6.92 Å². The highest BCUT2D eigenvalue weighted by molar-refractivity contribution is 5.90. The molecular formula is C14H25N3O2. The minimum Gasteiger partial charge on any atom is -0.368 e. The molecule has 0 spiro atoms. The average Bonchev–Trinajstić information content (AvgIpc) is 2.89. The SMILES string of the molecule is CC1(C(=O)N(CC(N)=O)C2CCCC2)CCCCN1. The molecule has 0 aromatic carbocycles. The lowest BCUT2D eigenvalue weighted by Gasteiger charge is -2.40. The first-order chi connectivity index (χ1) is 9.03. The highest BCUT2D eigenvalue weighted by Crippen LogP contribution is 2.28. The molecule has 1 heterocycles. The predicted octanol–water partition coefficient (Wildman–Crippen LogP) is 0.775. The summed E-state index contributed by atoms with van der Waals surface area (Å²) in [5.41, 5.74) is 4.80. The van der Waals surface area contributed by atoms with Gasteiger partial charge in [-0.3, -0.25) is 9.59 Å². The molecule has 5 heteroatoms. The predicted molar refractivity (Wildman–Crippen MR) is 73.4 cm³/mol. The van der Waals surface area contributed by atoms with E-state index in [0.29, 0.717) is 0 Å². The van der Waals surface area contributed by atoms with E-state index < -0.39 is 11.4 Å². The maximum absolute atomic E-state index is 12.8. The van der Waals surface area contributed by atoms with Crippen LogP contribution in [0, 0.1) is 0 Å². The van der Waals surface area contributed by atoms with Gasteiger partial charge in [-0.05, 0) is 45.6 Å². The smallest absolute Gasteiger partial charge is 0.243 e. The molecule has 2 aliphatic rings. The molecule has 5 nitrogen and oxygen atoms in total. The van der Waals surface area contributed by atoms with Crippen LogP contribution in [0.2, 0.25) is 0 Å². The first kappa shape index (κ1) is 14.3. The van der Waals surface area contributed by atoms with E-state index in [1.54, 1.807) is 4.90 Å². The number of nitrogens with one attached hydrogen (secondary N) is 1. The molecule has 0 aromatic rings. The number of rotatable bonds is 4. The molecule has 1 atom stereocenters. The fourth-order valence-electron chi connectivity index (χ4n) is 3.31. The van der Waals surface area contributed by atoms with Gasteiger partial charge in [0.05, 0.1) is 12.1 Å². The van der Waals surface area contributed by atoms with Gasteiger partial charge < -0.3 is 16.0 Å². The summed E-state index contributed by atoms with van der Waals surface area (Å²) < 4.78 is 0. The molecule has 3 N–H and O–H groups in total. The second-order valence-electron chi connectivity index (χ2n) is 6.05. The van der Waals surface area contributed by atoms with Crippen LogP contribution in [0.15, 0.2) is 0 Å². The molecule has 1 saturated carbocycles. The molecule has 1 unspecified atom stereocenters. The Bertz CT molecular complexity index is 345. The second kappa shape index (κ2) is 5.90. The van der Waals surface area contributed by atoms with Crippen molar-refractivity contribution < 1.29 is 9.59 Å². The van der Waals surface area contributed by atoms with Crippen LogP contribution < -0.4 is 11.1 Å². The molecule has 1 saturated heterocycles. The molecule has 1 aliphatic carbocycles. The summed E-state index contributed by atoms with van der Waals surface area (Å²) in [5.74, 6) is -0.363. The Morgan fingerprint density at radius 1 is 1.26 bits per heavy atom. The first-order valence-electron chi connectivity index (χ1n) is 7.37. The lowest BCUT2D eigenvalue weighted by atomic mass is 9.89. The van der Waals surface area contributed by atoms with E-state index in [0.717, 1.165) is 51.5 Å². The molecule has 0 radical (unpaired) electrons. The van der Waals surface area contributed by atoms with Crippen molar-refractivity contribution in [3.05, 3.63) is 0 Å². The normalized spacial score (nSPS) is 28.3. The number of hydrogen-bond donors (Lipinski definition) is 2. The lowest BCUT2D eigenvalue weighted by molar-refractivity contribution is -0.144. The molecule has 0 bridgehead atoms. The van der Waals surface area contributed by atoms with Crippen LogP contribution >= 0.6 is 0 Å². The molecule has 1 aliphatic heterocycles. The van der Waals surface area contributed by atoms with Crippen LogP contribution in [0.25, 0.3) is 0 Å². The summed E-state index contributed by atoms with van der Waals surface area (Å²) in [6.45, 7) is 2.88. The summed E-state index contributed by atoms with van der Waals surface area (Å²) >= 11 is 0. The van der Waals surface area contributed by atoms with Crippen molar-refractivity contribution in [2.45, 2.75) is 63.5 Å². The number of nitrogens with two attached hydrogens (primary N) is 1. The van der Waals surface area contributed by atoms with Crippen LogP contribution in [0.3, 0.4) is 0 Å². The summed E-state index contributed by atoms with van der Waals surface area (Å²) in [6, 6.07) is 0.195. The van der Waals surface area contributed by atoms with Gasteiger partial charge in [0.25, 0.3) is 0 Å². The van der Waals surface area contributed by atoms with Gasteiger partial charge in [-0.2, -0.15) is 0 Å². The Labute approximate surface area is 114 Å². The van der Waals surface area contributed by atoms with Gasteiger partial charge in [0.2, 0.25) is 11.8 Å². The summed E-state index contributed by atoms with van der Waals surface area (Å²) in [7, 11) is 0. The van der Waals surface area contributed by atoms with E-state index in [1.165, 1.54) is 0 Å². The van der Waals surface area contributed by atoms with Crippen molar-refractivity contribution in [1.29, 1.82) is 0 Å². The van der Waals surface area contributed by atoms with Crippen LogP contribution in [0.1, 0.15) is 51.9 Å². The average molecular weight is 267 g/mol. The van der Waals surface area contributed by atoms with Gasteiger partial charge in [-0.25, -0.2) is 0 Å². The zero-order valence-electron chi connectivity index (χ0n) is 11.8. The second-order valence-corrected chi connectivity index (χ2v) is 6.05. The Morgan fingerprint density at radius 3 is 2.47 bits per heavy atom. The monoisotopic (exact) mass is 267 g/mol. The van der Waals surface area contributed by atoms with Crippen molar-refractivity contribution in [3.63, 3.8) is 0 Å². The molecular weight excluding hydrogens is 242 g/mol. The molecule has 2 amide bonds. The Balaban J connectivity index is 2.11. The molecule has 19 heavy (non-hydrogen) atoms. The standard InChI is InChI=1S/C14H25N3O2/c1-14(8-4-5-9-16-14)13(19)17(10-12(15)18)11-6-2-3-7-11/h11,16H,2-10H2,1H3,(H2,15,18). The molecule has 2 fully saturated rings. The maximum atomic E-state index is 12.8. The zero-order chi connectivity index (χ0) is 13.9. The summed E-state index contributed by atoms with van der Waals surface area (Å²) in [5, 5.41) is 3.33. The minimum absolute atomic E-state index is 0.0536. The quantitative estimate of drug-likeness (QED) is 0.790. The van der Waals surface area contributed by atoms with Gasteiger partial charge in [0.1, 0.15) is 0 Å². The fourth-order valence-corrected chi connectivity index (χ4v) is 3.31. The van der Waals surface area contributed by atoms with Crippen molar-refractivity contribution >= 4 is 11.8 Å². The molecule has 108 valence electrons. The van der Waals surface area contributed by atoms with Crippen LogP contribution in [-0.4, -0.2) is 41.4 Å². The van der Waals surface area contributed by atoms with E-state index in [4.69, 9.17) is 5.73 Å². The molecule has 2 rings (SSSR count). The topological polar surface area (TPSA) is 75.4 Å². The summed E-state index contributed by atoms with van der Waals surface area (Å²) in [6.07, 6.45) is 7.28. The number of carbonyl (C=O) groups is 2. The highest BCUT2D eigenvalue weighted by atomic mass is 16.2. The summed E-state index contributed by atoms with van der Waals surface area (Å²) in [4.78, 5) is 25.8. The Morgan fingerprint density at radius 2 is 1.95 bits per heavy atom. The van der Waals surface area contributed by atoms with Crippen LogP contribution in [0.5, 0.6) is 0 Å². The zero-order valence-corrected chi connectivity index (χ0v) is 11.8. The van der Waals surface area contributed by atoms with Crippen molar-refractivity contribution in [2.24, 2.45) is 5.73 Å². The fraction of sp³-hybridized carbons (Fsp3) is 0.857. The Kier molecular flexibility index (Phi) is 4.45. The Hall–Kier alpha value is -1.10. The highest BCUT2D eigenvalue weighted by Gasteiger charge is 2.40. The van der Waals surface area contributed by atoms with Crippen LogP contribution in [-0.2, 0) is 9.59 Å². The van der Waals surface area contributed by atoms with E-state index >= 15 is 0 Å². The number of hydrogen-bond acceptors (Lipinski definition) is 3. The third-order valence-corrected chi connectivity index (χ3v) is 4.44. The number of primary amides is 1. The van der Waals surface area contributed by atoms with E-state index in [-0.39, 0.29) is 18.5 Å². The first-order valence-corrected chi connectivity index (χ1v) is 7.37. The van der Waals surface area contributed by atoms with E-state index in [9.17, 15) is 9.59 Å². The van der Waals surface area contributed by atoms with Gasteiger partial charge in [-0.1, -0.05) is 12.8 Å². The molecule has 0 aromatic heterocycles. The third kappa shape index (κ3) is 3.26. The number of amides is 2.